The van der Waals surface area contributed by atoms with Crippen molar-refractivity contribution in [3.8, 4) is 5.75 Å². The molecular formula is C19H28O4. The van der Waals surface area contributed by atoms with Crippen LogP contribution in [0.5, 0.6) is 5.75 Å². The normalized spacial score (nSPS) is 10.5. The van der Waals surface area contributed by atoms with Crippen molar-refractivity contribution in [2.24, 2.45) is 0 Å². The molecule has 1 aromatic carbocycles. The van der Waals surface area contributed by atoms with Gasteiger partial charge < -0.3 is 14.6 Å². The summed E-state index contributed by atoms with van der Waals surface area (Å²) in [6.45, 7) is 2.33. The van der Waals surface area contributed by atoms with E-state index in [2.05, 4.69) is 0 Å². The molecule has 1 rings (SSSR count). The van der Waals surface area contributed by atoms with Crippen LogP contribution in [0.1, 0.15) is 75.1 Å². The number of carboxylic acids is 1. The van der Waals surface area contributed by atoms with Gasteiger partial charge in [0, 0.05) is 6.42 Å². The molecule has 4 nitrogen and oxygen atoms in total. The minimum Gasteiger partial charge on any atom is -0.494 e. The SMILES string of the molecule is CC(=O)CCCCCCCCCCOc1ccc(C(=O)O)cc1. The second kappa shape index (κ2) is 11.7. The van der Waals surface area contributed by atoms with E-state index in [9.17, 15) is 9.59 Å². The number of ether oxygens (including phenoxy) is 1. The molecule has 0 spiro atoms. The molecule has 0 saturated heterocycles. The van der Waals surface area contributed by atoms with E-state index in [0.717, 1.165) is 37.9 Å². The molecule has 0 saturated carbocycles. The molecule has 0 unspecified atom stereocenters. The summed E-state index contributed by atoms with van der Waals surface area (Å²) >= 11 is 0. The zero-order valence-corrected chi connectivity index (χ0v) is 14.1. The third kappa shape index (κ3) is 9.72. The van der Waals surface area contributed by atoms with Gasteiger partial charge in [0.15, 0.2) is 0 Å². The second-order valence-electron chi connectivity index (χ2n) is 5.96. The molecule has 1 N–H and O–H groups in total. The fourth-order valence-electron chi connectivity index (χ4n) is 2.42. The molecule has 0 aliphatic rings. The van der Waals surface area contributed by atoms with Crippen LogP contribution in [0.3, 0.4) is 0 Å². The summed E-state index contributed by atoms with van der Waals surface area (Å²) < 4.78 is 5.60. The van der Waals surface area contributed by atoms with Crippen LogP contribution in [0.25, 0.3) is 0 Å². The summed E-state index contributed by atoms with van der Waals surface area (Å²) in [5, 5.41) is 8.81. The number of rotatable bonds is 13. The predicted molar refractivity (Wildman–Crippen MR) is 91.1 cm³/mol. The zero-order chi connectivity index (χ0) is 16.9. The lowest BCUT2D eigenvalue weighted by molar-refractivity contribution is -0.117. The van der Waals surface area contributed by atoms with Crippen LogP contribution in [0.15, 0.2) is 24.3 Å². The summed E-state index contributed by atoms with van der Waals surface area (Å²) in [6, 6.07) is 6.52. The highest BCUT2D eigenvalue weighted by Crippen LogP contribution is 2.14. The minimum atomic E-state index is -0.919. The Morgan fingerprint density at radius 1 is 0.870 bits per heavy atom. The highest BCUT2D eigenvalue weighted by molar-refractivity contribution is 5.87. The van der Waals surface area contributed by atoms with Crippen molar-refractivity contribution in [2.75, 3.05) is 6.61 Å². The van der Waals surface area contributed by atoms with Gasteiger partial charge in [0.25, 0.3) is 0 Å². The van der Waals surface area contributed by atoms with Crippen LogP contribution < -0.4 is 4.74 Å². The van der Waals surface area contributed by atoms with E-state index in [-0.39, 0.29) is 5.56 Å². The van der Waals surface area contributed by atoms with Crippen LogP contribution in [0, 0.1) is 0 Å². The lowest BCUT2D eigenvalue weighted by Crippen LogP contribution is -1.99. The summed E-state index contributed by atoms with van der Waals surface area (Å²) in [5.41, 5.74) is 0.278. The molecule has 4 heteroatoms. The number of Topliss-reactive ketones (excluding diaryl/α,β-unsaturated/α-hetero) is 1. The van der Waals surface area contributed by atoms with Gasteiger partial charge in [-0.25, -0.2) is 4.79 Å². The van der Waals surface area contributed by atoms with Crippen molar-refractivity contribution in [1.29, 1.82) is 0 Å². The number of ketones is 1. The number of hydrogen-bond acceptors (Lipinski definition) is 3. The molecule has 1 aromatic rings. The van der Waals surface area contributed by atoms with Crippen molar-refractivity contribution in [2.45, 2.75) is 64.7 Å². The van der Waals surface area contributed by atoms with Crippen molar-refractivity contribution in [3.63, 3.8) is 0 Å². The van der Waals surface area contributed by atoms with Crippen LogP contribution >= 0.6 is 0 Å². The van der Waals surface area contributed by atoms with Gasteiger partial charge in [-0.05, 0) is 44.0 Å². The fraction of sp³-hybridized carbons (Fsp3) is 0.579. The van der Waals surface area contributed by atoms with Crippen LogP contribution in [-0.2, 0) is 4.79 Å². The molecule has 0 aliphatic heterocycles. The van der Waals surface area contributed by atoms with Gasteiger partial charge >= 0.3 is 5.97 Å². The van der Waals surface area contributed by atoms with E-state index < -0.39 is 5.97 Å². The van der Waals surface area contributed by atoms with Crippen molar-refractivity contribution in [1.82, 2.24) is 0 Å². The minimum absolute atomic E-state index is 0.278. The van der Waals surface area contributed by atoms with Gasteiger partial charge in [-0.15, -0.1) is 0 Å². The Labute approximate surface area is 138 Å². The van der Waals surface area contributed by atoms with Crippen LogP contribution in [0.4, 0.5) is 0 Å². The molecule has 0 aromatic heterocycles. The van der Waals surface area contributed by atoms with Gasteiger partial charge in [-0.2, -0.15) is 0 Å². The molecule has 128 valence electrons. The first-order chi connectivity index (χ1) is 11.1. The summed E-state index contributed by atoms with van der Waals surface area (Å²) in [6.07, 6.45) is 10.0. The second-order valence-corrected chi connectivity index (χ2v) is 5.96. The molecule has 0 heterocycles. The molecular weight excluding hydrogens is 292 g/mol. The molecule has 0 aliphatic carbocycles. The van der Waals surface area contributed by atoms with E-state index in [4.69, 9.17) is 9.84 Å². The number of carbonyl (C=O) groups excluding carboxylic acids is 1. The Kier molecular flexibility index (Phi) is 9.76. The molecule has 23 heavy (non-hydrogen) atoms. The number of carboxylic acid groups (broad SMARTS) is 1. The summed E-state index contributed by atoms with van der Waals surface area (Å²) in [5.74, 6) is 0.0981. The predicted octanol–water partition coefficient (Wildman–Crippen LogP) is 4.86. The van der Waals surface area contributed by atoms with Crippen LogP contribution in [0.2, 0.25) is 0 Å². The van der Waals surface area contributed by atoms with E-state index in [1.807, 2.05) is 0 Å². The third-order valence-electron chi connectivity index (χ3n) is 3.79. The van der Waals surface area contributed by atoms with Gasteiger partial charge in [0.1, 0.15) is 11.5 Å². The van der Waals surface area contributed by atoms with Crippen molar-refractivity contribution in [3.05, 3.63) is 29.8 Å². The highest BCUT2D eigenvalue weighted by Gasteiger charge is 2.02. The third-order valence-corrected chi connectivity index (χ3v) is 3.79. The van der Waals surface area contributed by atoms with E-state index in [1.54, 1.807) is 31.2 Å². The Morgan fingerprint density at radius 3 is 1.91 bits per heavy atom. The molecule has 0 atom stereocenters. The molecule has 0 fully saturated rings. The monoisotopic (exact) mass is 320 g/mol. The Bertz CT molecular complexity index is 465. The average Bonchev–Trinajstić information content (AvgIpc) is 2.52. The molecule has 0 bridgehead atoms. The van der Waals surface area contributed by atoms with E-state index in [1.165, 1.54) is 25.7 Å². The van der Waals surface area contributed by atoms with Crippen molar-refractivity contribution >= 4 is 11.8 Å². The topological polar surface area (TPSA) is 63.6 Å². The van der Waals surface area contributed by atoms with E-state index in [0.29, 0.717) is 12.4 Å². The van der Waals surface area contributed by atoms with Gasteiger partial charge in [0.2, 0.25) is 0 Å². The number of aromatic carboxylic acids is 1. The number of hydrogen-bond donors (Lipinski definition) is 1. The van der Waals surface area contributed by atoms with Crippen molar-refractivity contribution < 1.29 is 19.4 Å². The summed E-state index contributed by atoms with van der Waals surface area (Å²) in [4.78, 5) is 21.5. The molecule has 0 amide bonds. The Morgan fingerprint density at radius 2 is 1.39 bits per heavy atom. The average molecular weight is 320 g/mol. The van der Waals surface area contributed by atoms with Gasteiger partial charge in [-0.1, -0.05) is 38.5 Å². The maximum absolute atomic E-state index is 10.8. The fourth-order valence-corrected chi connectivity index (χ4v) is 2.42. The van der Waals surface area contributed by atoms with Gasteiger partial charge in [-0.3, -0.25) is 0 Å². The zero-order valence-electron chi connectivity index (χ0n) is 14.1. The Hall–Kier alpha value is -1.84. The first-order valence-electron chi connectivity index (χ1n) is 8.55. The number of benzene rings is 1. The number of unbranched alkanes of at least 4 members (excludes halogenated alkanes) is 7. The number of carbonyl (C=O) groups is 2. The standard InChI is InChI=1S/C19H28O4/c1-16(20)10-8-6-4-2-3-5-7-9-15-23-18-13-11-17(12-14-18)19(21)22/h11-14H,2-10,15H2,1H3,(H,21,22). The van der Waals surface area contributed by atoms with Gasteiger partial charge in [0.05, 0.1) is 12.2 Å². The summed E-state index contributed by atoms with van der Waals surface area (Å²) in [7, 11) is 0. The van der Waals surface area contributed by atoms with E-state index >= 15 is 0 Å². The Balaban J connectivity index is 1.93. The maximum atomic E-state index is 10.8. The molecule has 0 radical (unpaired) electrons. The largest absolute Gasteiger partial charge is 0.494 e. The smallest absolute Gasteiger partial charge is 0.335 e. The quantitative estimate of drug-likeness (QED) is 0.527. The first-order valence-corrected chi connectivity index (χ1v) is 8.55. The first kappa shape index (κ1) is 19.2. The van der Waals surface area contributed by atoms with Crippen LogP contribution in [-0.4, -0.2) is 23.5 Å². The maximum Gasteiger partial charge on any atom is 0.335 e. The highest BCUT2D eigenvalue weighted by atomic mass is 16.5. The lowest BCUT2D eigenvalue weighted by Gasteiger charge is -2.06. The lowest BCUT2D eigenvalue weighted by atomic mass is 10.1.